The van der Waals surface area contributed by atoms with Gasteiger partial charge in [0.2, 0.25) is 15.9 Å². The van der Waals surface area contributed by atoms with Crippen LogP contribution in [-0.2, 0) is 14.8 Å². The molecule has 2 unspecified atom stereocenters. The van der Waals surface area contributed by atoms with Crippen LogP contribution in [-0.4, -0.2) is 53.0 Å². The molecule has 9 heteroatoms. The number of methoxy groups -OCH3 is 3. The summed E-state index contributed by atoms with van der Waals surface area (Å²) in [4.78, 5) is 13.0. The molecule has 3 rings (SSSR count). The summed E-state index contributed by atoms with van der Waals surface area (Å²) < 4.78 is 43.7. The van der Waals surface area contributed by atoms with E-state index in [9.17, 15) is 13.2 Å². The fourth-order valence-corrected chi connectivity index (χ4v) is 5.50. The minimum atomic E-state index is -3.86. The minimum absolute atomic E-state index is 0.0343. The maximum absolute atomic E-state index is 13.4. The van der Waals surface area contributed by atoms with Gasteiger partial charge in [-0.25, -0.2) is 8.42 Å². The minimum Gasteiger partial charge on any atom is -0.497 e. The van der Waals surface area contributed by atoms with Crippen LogP contribution in [0.1, 0.15) is 31.4 Å². The maximum Gasteiger partial charge on any atom is 0.246 e. The van der Waals surface area contributed by atoms with E-state index in [1.165, 1.54) is 24.6 Å². The van der Waals surface area contributed by atoms with Crippen molar-refractivity contribution in [1.82, 2.24) is 9.62 Å². The number of nitrogens with one attached hydrogen (secondary N) is 1. The van der Waals surface area contributed by atoms with Gasteiger partial charge >= 0.3 is 0 Å². The molecular formula is C23H30N2O6S. The van der Waals surface area contributed by atoms with Crippen molar-refractivity contribution < 1.29 is 27.4 Å². The predicted octanol–water partition coefficient (Wildman–Crippen LogP) is 2.99. The second-order valence-electron chi connectivity index (χ2n) is 7.72. The summed E-state index contributed by atoms with van der Waals surface area (Å²) in [6.07, 6.45) is 1.23. The van der Waals surface area contributed by atoms with Gasteiger partial charge in [0, 0.05) is 19.2 Å². The smallest absolute Gasteiger partial charge is 0.246 e. The molecule has 8 nitrogen and oxygen atoms in total. The van der Waals surface area contributed by atoms with E-state index in [0.29, 0.717) is 25.1 Å². The number of hydrogen-bond acceptors (Lipinski definition) is 6. The Morgan fingerprint density at radius 3 is 2.31 bits per heavy atom. The number of rotatable bonds is 8. The third-order valence-corrected chi connectivity index (χ3v) is 7.60. The van der Waals surface area contributed by atoms with Crippen LogP contribution in [0.25, 0.3) is 0 Å². The lowest BCUT2D eigenvalue weighted by atomic mass is 9.98. The maximum atomic E-state index is 13.4. The quantitative estimate of drug-likeness (QED) is 0.648. The van der Waals surface area contributed by atoms with Gasteiger partial charge in [-0.05, 0) is 49.6 Å². The summed E-state index contributed by atoms with van der Waals surface area (Å²) >= 11 is 0. The number of ether oxygens (including phenoxy) is 3. The van der Waals surface area contributed by atoms with E-state index in [2.05, 4.69) is 5.32 Å². The van der Waals surface area contributed by atoms with Gasteiger partial charge in [-0.2, -0.15) is 4.31 Å². The molecule has 2 atom stereocenters. The van der Waals surface area contributed by atoms with Gasteiger partial charge in [-0.15, -0.1) is 0 Å². The van der Waals surface area contributed by atoms with Crippen molar-refractivity contribution in [1.29, 1.82) is 0 Å². The number of piperidine rings is 1. The highest BCUT2D eigenvalue weighted by atomic mass is 32.2. The molecule has 1 amide bonds. The molecule has 174 valence electrons. The average molecular weight is 463 g/mol. The summed E-state index contributed by atoms with van der Waals surface area (Å²) in [6.45, 7) is 2.36. The first-order valence-corrected chi connectivity index (χ1v) is 11.9. The highest BCUT2D eigenvalue weighted by Gasteiger charge is 2.35. The van der Waals surface area contributed by atoms with Crippen LogP contribution < -0.4 is 19.5 Å². The van der Waals surface area contributed by atoms with Crippen LogP contribution in [0.4, 0.5) is 0 Å². The van der Waals surface area contributed by atoms with Gasteiger partial charge in [-0.3, -0.25) is 4.79 Å². The Hall–Kier alpha value is -2.78. The first-order valence-electron chi connectivity index (χ1n) is 10.5. The van der Waals surface area contributed by atoms with E-state index < -0.39 is 15.9 Å². The second-order valence-corrected chi connectivity index (χ2v) is 9.63. The SMILES string of the molecule is COc1ccc(C(C)NC(=O)C2CCCN(S(=O)(=O)c3cc(OC)ccc3OC)C2)cc1. The molecule has 1 heterocycles. The largest absolute Gasteiger partial charge is 0.497 e. The lowest BCUT2D eigenvalue weighted by Gasteiger charge is -2.32. The number of carbonyl (C=O) groups excluding carboxylic acids is 1. The topological polar surface area (TPSA) is 94.2 Å². The first-order chi connectivity index (χ1) is 15.3. The number of benzene rings is 2. The van der Waals surface area contributed by atoms with Crippen LogP contribution in [0.3, 0.4) is 0 Å². The third-order valence-electron chi connectivity index (χ3n) is 5.72. The van der Waals surface area contributed by atoms with Crippen molar-refractivity contribution in [3.05, 3.63) is 48.0 Å². The lowest BCUT2D eigenvalue weighted by Crippen LogP contribution is -2.45. The second kappa shape index (κ2) is 10.2. The van der Waals surface area contributed by atoms with E-state index in [1.807, 2.05) is 31.2 Å². The zero-order valence-corrected chi connectivity index (χ0v) is 19.6. The van der Waals surface area contributed by atoms with Crippen molar-refractivity contribution >= 4 is 15.9 Å². The Labute approximate surface area is 189 Å². The number of amides is 1. The summed E-state index contributed by atoms with van der Waals surface area (Å²) in [5, 5.41) is 3.01. The monoisotopic (exact) mass is 462 g/mol. The van der Waals surface area contributed by atoms with Gasteiger partial charge in [0.15, 0.2) is 0 Å². The molecule has 1 N–H and O–H groups in total. The summed E-state index contributed by atoms with van der Waals surface area (Å²) in [7, 11) is 0.644. The highest BCUT2D eigenvalue weighted by Crippen LogP contribution is 2.33. The number of carbonyl (C=O) groups is 1. The van der Waals surface area contributed by atoms with Gasteiger partial charge in [0.05, 0.1) is 33.3 Å². The zero-order valence-electron chi connectivity index (χ0n) is 18.8. The molecule has 1 aliphatic heterocycles. The van der Waals surface area contributed by atoms with Crippen molar-refractivity contribution in [2.75, 3.05) is 34.4 Å². The van der Waals surface area contributed by atoms with Crippen LogP contribution >= 0.6 is 0 Å². The Morgan fingerprint density at radius 2 is 1.69 bits per heavy atom. The van der Waals surface area contributed by atoms with Gasteiger partial charge < -0.3 is 19.5 Å². The molecule has 0 aliphatic carbocycles. The summed E-state index contributed by atoms with van der Waals surface area (Å²) in [6, 6.07) is 11.9. The van der Waals surface area contributed by atoms with Crippen LogP contribution in [0.2, 0.25) is 0 Å². The molecule has 2 aromatic rings. The predicted molar refractivity (Wildman–Crippen MR) is 121 cm³/mol. The van der Waals surface area contributed by atoms with E-state index >= 15 is 0 Å². The Kier molecular flexibility index (Phi) is 7.63. The molecule has 0 spiro atoms. The molecule has 1 fully saturated rings. The standard InChI is InChI=1S/C23H30N2O6S/c1-16(17-7-9-19(29-2)10-8-17)24-23(26)18-6-5-13-25(15-18)32(27,28)22-14-20(30-3)11-12-21(22)31-4/h7-12,14,16,18H,5-6,13,15H2,1-4H3,(H,24,26). The van der Waals surface area contributed by atoms with Crippen molar-refractivity contribution in [2.24, 2.45) is 5.92 Å². The van der Waals surface area contributed by atoms with Gasteiger partial charge in [0.25, 0.3) is 0 Å². The van der Waals surface area contributed by atoms with E-state index in [0.717, 1.165) is 11.3 Å². The molecule has 0 saturated carbocycles. The van der Waals surface area contributed by atoms with Crippen LogP contribution in [0.15, 0.2) is 47.4 Å². The molecule has 0 aromatic heterocycles. The zero-order chi connectivity index (χ0) is 23.3. The number of sulfonamides is 1. The van der Waals surface area contributed by atoms with Gasteiger partial charge in [-0.1, -0.05) is 12.1 Å². The molecular weight excluding hydrogens is 432 g/mol. The van der Waals surface area contributed by atoms with E-state index in [4.69, 9.17) is 14.2 Å². The van der Waals surface area contributed by atoms with Crippen LogP contribution in [0, 0.1) is 5.92 Å². The Morgan fingerprint density at radius 1 is 1.03 bits per heavy atom. The molecule has 0 radical (unpaired) electrons. The normalized spacial score (nSPS) is 17.9. The molecule has 1 saturated heterocycles. The van der Waals surface area contributed by atoms with E-state index in [1.54, 1.807) is 19.2 Å². The summed E-state index contributed by atoms with van der Waals surface area (Å²) in [5.41, 5.74) is 0.945. The van der Waals surface area contributed by atoms with Crippen molar-refractivity contribution in [3.63, 3.8) is 0 Å². The fraction of sp³-hybridized carbons (Fsp3) is 0.435. The molecule has 1 aliphatic rings. The fourth-order valence-electron chi connectivity index (χ4n) is 3.81. The number of hydrogen-bond donors (Lipinski definition) is 1. The Bertz CT molecular complexity index is 1040. The average Bonchev–Trinajstić information content (AvgIpc) is 2.83. The van der Waals surface area contributed by atoms with Crippen molar-refractivity contribution in [2.45, 2.75) is 30.7 Å². The van der Waals surface area contributed by atoms with Crippen molar-refractivity contribution in [3.8, 4) is 17.2 Å². The Balaban J connectivity index is 1.73. The van der Waals surface area contributed by atoms with Crippen LogP contribution in [0.5, 0.6) is 17.2 Å². The lowest BCUT2D eigenvalue weighted by molar-refractivity contribution is -0.126. The van der Waals surface area contributed by atoms with Gasteiger partial charge in [0.1, 0.15) is 22.1 Å². The first kappa shape index (κ1) is 23.9. The number of nitrogens with zero attached hydrogens (tertiary/aromatic N) is 1. The molecule has 0 bridgehead atoms. The third kappa shape index (κ3) is 5.16. The highest BCUT2D eigenvalue weighted by molar-refractivity contribution is 7.89. The van der Waals surface area contributed by atoms with E-state index in [-0.39, 0.29) is 29.1 Å². The molecule has 2 aromatic carbocycles. The summed E-state index contributed by atoms with van der Waals surface area (Å²) in [5.74, 6) is 0.810. The molecule has 32 heavy (non-hydrogen) atoms.